The molecule has 6 heteroatoms. The Morgan fingerprint density at radius 1 is 0.964 bits per heavy atom. The van der Waals surface area contributed by atoms with Gasteiger partial charge in [0.1, 0.15) is 0 Å². The first-order valence-corrected chi connectivity index (χ1v) is 11.3. The van der Waals surface area contributed by atoms with Crippen LogP contribution in [0, 0.1) is 17.3 Å². The zero-order valence-electron chi connectivity index (χ0n) is 17.6. The maximum atomic E-state index is 12.6. The van der Waals surface area contributed by atoms with Crippen molar-refractivity contribution in [2.75, 3.05) is 19.6 Å². The Balaban J connectivity index is 0.00000280. The predicted octanol–water partition coefficient (Wildman–Crippen LogP) is 3.56. The van der Waals surface area contributed by atoms with Crippen LogP contribution in [0.4, 0.5) is 0 Å². The Bertz CT molecular complexity index is 494. The summed E-state index contributed by atoms with van der Waals surface area (Å²) in [7, 11) is 0. The fourth-order valence-electron chi connectivity index (χ4n) is 5.09. The van der Waals surface area contributed by atoms with Crippen molar-refractivity contribution in [3.8, 4) is 0 Å². The third kappa shape index (κ3) is 7.22. The summed E-state index contributed by atoms with van der Waals surface area (Å²) in [4.78, 5) is 24.9. The van der Waals surface area contributed by atoms with Crippen LogP contribution in [-0.2, 0) is 9.59 Å². The molecule has 3 N–H and O–H groups in total. The van der Waals surface area contributed by atoms with Gasteiger partial charge in [0.2, 0.25) is 11.8 Å². The van der Waals surface area contributed by atoms with Crippen LogP contribution in [0.5, 0.6) is 0 Å². The molecule has 0 aromatic rings. The number of carbonyl (C=O) groups is 2. The maximum absolute atomic E-state index is 12.6. The van der Waals surface area contributed by atoms with E-state index in [2.05, 4.69) is 22.9 Å². The lowest BCUT2D eigenvalue weighted by atomic mass is 9.80. The molecule has 1 aliphatic heterocycles. The number of hydrogen-bond donors (Lipinski definition) is 3. The van der Waals surface area contributed by atoms with Crippen LogP contribution in [0.1, 0.15) is 84.0 Å². The van der Waals surface area contributed by atoms with Crippen molar-refractivity contribution < 1.29 is 9.59 Å². The van der Waals surface area contributed by atoms with Crippen LogP contribution >= 0.6 is 12.4 Å². The lowest BCUT2D eigenvalue weighted by Gasteiger charge is -2.35. The number of halogens is 1. The lowest BCUT2D eigenvalue weighted by Crippen LogP contribution is -2.45. The molecule has 3 aliphatic rings. The van der Waals surface area contributed by atoms with Gasteiger partial charge in [0.25, 0.3) is 0 Å². The Morgan fingerprint density at radius 3 is 2.25 bits per heavy atom. The van der Waals surface area contributed by atoms with Gasteiger partial charge in [-0.15, -0.1) is 12.4 Å². The van der Waals surface area contributed by atoms with Crippen molar-refractivity contribution in [3.63, 3.8) is 0 Å². The molecule has 0 radical (unpaired) electrons. The first-order chi connectivity index (χ1) is 13.0. The van der Waals surface area contributed by atoms with E-state index in [4.69, 9.17) is 0 Å². The molecule has 0 unspecified atom stereocenters. The van der Waals surface area contributed by atoms with Crippen molar-refractivity contribution in [1.29, 1.82) is 0 Å². The largest absolute Gasteiger partial charge is 0.355 e. The van der Waals surface area contributed by atoms with Gasteiger partial charge in [0, 0.05) is 24.9 Å². The van der Waals surface area contributed by atoms with E-state index >= 15 is 0 Å². The van der Waals surface area contributed by atoms with Crippen molar-refractivity contribution in [2.24, 2.45) is 17.3 Å². The average Bonchev–Trinajstić information content (AvgIpc) is 2.68. The van der Waals surface area contributed by atoms with Crippen LogP contribution in [-0.4, -0.2) is 37.5 Å². The molecule has 1 saturated heterocycles. The third-order valence-electron chi connectivity index (χ3n) is 7.16. The van der Waals surface area contributed by atoms with Gasteiger partial charge in [-0.3, -0.25) is 9.59 Å². The molecule has 2 saturated carbocycles. The Morgan fingerprint density at radius 2 is 1.61 bits per heavy atom. The highest BCUT2D eigenvalue weighted by molar-refractivity contribution is 5.85. The summed E-state index contributed by atoms with van der Waals surface area (Å²) in [6.45, 7) is 5.19. The molecule has 3 fully saturated rings. The topological polar surface area (TPSA) is 70.2 Å². The zero-order chi connectivity index (χ0) is 19.1. The molecule has 5 nitrogen and oxygen atoms in total. The summed E-state index contributed by atoms with van der Waals surface area (Å²) < 4.78 is 0. The maximum Gasteiger partial charge on any atom is 0.223 e. The van der Waals surface area contributed by atoms with Gasteiger partial charge in [-0.2, -0.15) is 0 Å². The molecule has 0 atom stereocenters. The molecule has 3 rings (SSSR count). The number of nitrogens with one attached hydrogen (secondary N) is 3. The molecule has 1 heterocycles. The van der Waals surface area contributed by atoms with E-state index in [-0.39, 0.29) is 41.6 Å². The summed E-state index contributed by atoms with van der Waals surface area (Å²) in [6, 6.07) is 0.270. The Kier molecular flexibility index (Phi) is 9.55. The second-order valence-electron chi connectivity index (χ2n) is 9.60. The van der Waals surface area contributed by atoms with Crippen LogP contribution in [0.2, 0.25) is 0 Å². The van der Waals surface area contributed by atoms with Gasteiger partial charge in [0.15, 0.2) is 0 Å². The van der Waals surface area contributed by atoms with Crippen LogP contribution in [0.25, 0.3) is 0 Å². The first-order valence-electron chi connectivity index (χ1n) is 11.3. The van der Waals surface area contributed by atoms with E-state index in [1.54, 1.807) is 0 Å². The average molecular weight is 414 g/mol. The molecular formula is C22H40ClN3O2. The van der Waals surface area contributed by atoms with Gasteiger partial charge in [0.05, 0.1) is 0 Å². The predicted molar refractivity (Wildman–Crippen MR) is 116 cm³/mol. The minimum atomic E-state index is 0. The van der Waals surface area contributed by atoms with Crippen molar-refractivity contribution in [1.82, 2.24) is 16.0 Å². The summed E-state index contributed by atoms with van der Waals surface area (Å²) in [6.07, 6.45) is 13.0. The van der Waals surface area contributed by atoms with Gasteiger partial charge < -0.3 is 16.0 Å². The minimum absolute atomic E-state index is 0. The van der Waals surface area contributed by atoms with Crippen LogP contribution in [0.15, 0.2) is 0 Å². The van der Waals surface area contributed by atoms with E-state index in [9.17, 15) is 9.59 Å². The minimum Gasteiger partial charge on any atom is -0.355 e. The highest BCUT2D eigenvalue weighted by Crippen LogP contribution is 2.29. The fourth-order valence-corrected chi connectivity index (χ4v) is 5.09. The molecule has 0 bridgehead atoms. The number of amides is 2. The number of piperidine rings is 1. The normalized spacial score (nSPS) is 28.0. The highest BCUT2D eigenvalue weighted by atomic mass is 35.5. The molecule has 0 spiro atoms. The van der Waals surface area contributed by atoms with Crippen LogP contribution in [0.3, 0.4) is 0 Å². The van der Waals surface area contributed by atoms with E-state index in [1.807, 2.05) is 0 Å². The summed E-state index contributed by atoms with van der Waals surface area (Å²) in [5, 5.41) is 9.85. The van der Waals surface area contributed by atoms with E-state index < -0.39 is 0 Å². The second-order valence-corrected chi connectivity index (χ2v) is 9.60. The molecular weight excluding hydrogens is 374 g/mol. The number of carbonyl (C=O) groups excluding carboxylic acids is 2. The molecule has 28 heavy (non-hydrogen) atoms. The SMILES string of the molecule is CC1(CNC(=O)C2CCC(NC(=O)CC3CCCCC3)CC2)CCNCC1.Cl. The highest BCUT2D eigenvalue weighted by Gasteiger charge is 2.31. The first kappa shape index (κ1) is 23.5. The third-order valence-corrected chi connectivity index (χ3v) is 7.16. The molecule has 2 aliphatic carbocycles. The number of hydrogen-bond acceptors (Lipinski definition) is 3. The fraction of sp³-hybridized carbons (Fsp3) is 0.909. The van der Waals surface area contributed by atoms with E-state index in [1.165, 1.54) is 32.1 Å². The molecule has 0 aromatic carbocycles. The zero-order valence-corrected chi connectivity index (χ0v) is 18.4. The second kappa shape index (κ2) is 11.4. The summed E-state index contributed by atoms with van der Waals surface area (Å²) >= 11 is 0. The van der Waals surface area contributed by atoms with Gasteiger partial charge in [-0.1, -0.05) is 26.2 Å². The van der Waals surface area contributed by atoms with Gasteiger partial charge in [-0.05, 0) is 75.8 Å². The standard InChI is InChI=1S/C22H39N3O2.ClH/c1-22(11-13-23-14-12-22)16-24-21(27)18-7-9-19(10-8-18)25-20(26)15-17-5-3-2-4-6-17;/h17-19,23H,2-16H2,1H3,(H,24,27)(H,25,26);1H. The van der Waals surface area contributed by atoms with Crippen molar-refractivity contribution in [3.05, 3.63) is 0 Å². The van der Waals surface area contributed by atoms with Gasteiger partial charge in [-0.25, -0.2) is 0 Å². The quantitative estimate of drug-likeness (QED) is 0.623. The van der Waals surface area contributed by atoms with Crippen molar-refractivity contribution in [2.45, 2.75) is 90.0 Å². The molecule has 0 aromatic heterocycles. The van der Waals surface area contributed by atoms with E-state index in [0.29, 0.717) is 12.3 Å². The summed E-state index contributed by atoms with van der Waals surface area (Å²) in [5.41, 5.74) is 0.241. The van der Waals surface area contributed by atoms with E-state index in [0.717, 1.165) is 58.2 Å². The van der Waals surface area contributed by atoms with Crippen LogP contribution < -0.4 is 16.0 Å². The Labute approximate surface area is 177 Å². The summed E-state index contributed by atoms with van der Waals surface area (Å²) in [5.74, 6) is 1.18. The van der Waals surface area contributed by atoms with Gasteiger partial charge >= 0.3 is 0 Å². The molecule has 162 valence electrons. The number of rotatable bonds is 6. The van der Waals surface area contributed by atoms with Crippen molar-refractivity contribution >= 4 is 24.2 Å². The smallest absolute Gasteiger partial charge is 0.223 e. The monoisotopic (exact) mass is 413 g/mol. The lowest BCUT2D eigenvalue weighted by molar-refractivity contribution is -0.126. The Hall–Kier alpha value is -0.810. The molecule has 2 amide bonds.